The van der Waals surface area contributed by atoms with Crippen molar-refractivity contribution in [1.82, 2.24) is 10.2 Å². The zero-order valence-electron chi connectivity index (χ0n) is 21.5. The summed E-state index contributed by atoms with van der Waals surface area (Å²) in [6.45, 7) is 1.07. The molecule has 7 nitrogen and oxygen atoms in total. The Kier molecular flexibility index (Phi) is 10.0. The third kappa shape index (κ3) is 7.73. The second-order valence-corrected chi connectivity index (χ2v) is 9.58. The number of amides is 2. The van der Waals surface area contributed by atoms with E-state index in [0.717, 1.165) is 24.0 Å². The summed E-state index contributed by atoms with van der Waals surface area (Å²) in [7, 11) is 1.60. The van der Waals surface area contributed by atoms with Crippen LogP contribution in [0.15, 0.2) is 78.9 Å². The summed E-state index contributed by atoms with van der Waals surface area (Å²) < 4.78 is 16.7. The molecular formula is C30H33ClN2O5. The maximum atomic E-state index is 13.7. The third-order valence-electron chi connectivity index (χ3n) is 6.50. The van der Waals surface area contributed by atoms with Crippen LogP contribution in [-0.4, -0.2) is 55.7 Å². The molecule has 0 aliphatic carbocycles. The number of methoxy groups -OCH3 is 1. The molecule has 1 heterocycles. The van der Waals surface area contributed by atoms with Crippen LogP contribution in [0.3, 0.4) is 0 Å². The van der Waals surface area contributed by atoms with Crippen molar-refractivity contribution in [1.29, 1.82) is 0 Å². The number of benzene rings is 3. The van der Waals surface area contributed by atoms with Crippen LogP contribution in [0.25, 0.3) is 0 Å². The van der Waals surface area contributed by atoms with Gasteiger partial charge in [-0.1, -0.05) is 66.2 Å². The first-order chi connectivity index (χ1) is 18.5. The highest BCUT2D eigenvalue weighted by molar-refractivity contribution is 6.32. The fourth-order valence-electron chi connectivity index (χ4n) is 4.40. The summed E-state index contributed by atoms with van der Waals surface area (Å²) >= 11 is 6.23. The highest BCUT2D eigenvalue weighted by atomic mass is 35.5. The largest absolute Gasteiger partial charge is 0.497 e. The average Bonchev–Trinajstić information content (AvgIpc) is 3.48. The number of nitrogens with zero attached hydrogens (tertiary/aromatic N) is 1. The summed E-state index contributed by atoms with van der Waals surface area (Å²) in [6, 6.07) is 23.4. The van der Waals surface area contributed by atoms with Gasteiger partial charge < -0.3 is 24.4 Å². The Morgan fingerprint density at radius 2 is 1.76 bits per heavy atom. The van der Waals surface area contributed by atoms with Crippen molar-refractivity contribution < 1.29 is 23.8 Å². The standard InChI is InChI=1S/C30H33ClN2O5/c1-36-24-15-13-23(14-16-24)20-33(29(34)21-38-28-12-6-5-11-26(28)31)27(18-22-8-3-2-4-9-22)30(35)32-19-25-10-7-17-37-25/h2-6,8-9,11-16,25,27H,7,10,17-21H2,1H3,(H,32,35)/t25-,27+/m1/s1. The van der Waals surface area contributed by atoms with E-state index < -0.39 is 6.04 Å². The van der Waals surface area contributed by atoms with E-state index in [9.17, 15) is 9.59 Å². The molecule has 38 heavy (non-hydrogen) atoms. The number of carbonyl (C=O) groups excluding carboxylic acids is 2. The normalized spacial score (nSPS) is 15.5. The van der Waals surface area contributed by atoms with Gasteiger partial charge >= 0.3 is 0 Å². The number of hydrogen-bond donors (Lipinski definition) is 1. The number of nitrogens with one attached hydrogen (secondary N) is 1. The zero-order chi connectivity index (χ0) is 26.7. The van der Waals surface area contributed by atoms with Gasteiger partial charge in [-0.05, 0) is 48.2 Å². The van der Waals surface area contributed by atoms with Gasteiger partial charge in [0.05, 0.1) is 18.2 Å². The van der Waals surface area contributed by atoms with Crippen molar-refractivity contribution in [2.24, 2.45) is 0 Å². The Morgan fingerprint density at radius 3 is 2.45 bits per heavy atom. The minimum absolute atomic E-state index is 0.00868. The Bertz CT molecular complexity index is 1180. The molecule has 2 atom stereocenters. The molecule has 4 rings (SSSR count). The van der Waals surface area contributed by atoms with Gasteiger partial charge in [0, 0.05) is 26.1 Å². The SMILES string of the molecule is COc1ccc(CN(C(=O)COc2ccccc2Cl)[C@@H](Cc2ccccc2)C(=O)NC[C@H]2CCCO2)cc1. The third-order valence-corrected chi connectivity index (χ3v) is 6.81. The van der Waals surface area contributed by atoms with Crippen LogP contribution in [0, 0.1) is 0 Å². The first kappa shape index (κ1) is 27.5. The minimum Gasteiger partial charge on any atom is -0.497 e. The molecule has 0 bridgehead atoms. The Morgan fingerprint density at radius 1 is 1.03 bits per heavy atom. The zero-order valence-corrected chi connectivity index (χ0v) is 22.2. The maximum absolute atomic E-state index is 13.7. The maximum Gasteiger partial charge on any atom is 0.261 e. The lowest BCUT2D eigenvalue weighted by molar-refractivity contribution is -0.143. The molecule has 2 amide bonds. The second kappa shape index (κ2) is 13.8. The topological polar surface area (TPSA) is 77.1 Å². The average molecular weight is 537 g/mol. The molecule has 1 saturated heterocycles. The van der Waals surface area contributed by atoms with Gasteiger partial charge in [0.1, 0.15) is 17.5 Å². The van der Waals surface area contributed by atoms with Gasteiger partial charge in [-0.3, -0.25) is 9.59 Å². The van der Waals surface area contributed by atoms with Gasteiger partial charge in [-0.25, -0.2) is 0 Å². The number of rotatable bonds is 12. The Balaban J connectivity index is 1.59. The molecule has 0 aromatic heterocycles. The van der Waals surface area contributed by atoms with Gasteiger partial charge in [0.15, 0.2) is 6.61 Å². The van der Waals surface area contributed by atoms with Crippen molar-refractivity contribution in [3.05, 3.63) is 95.0 Å². The predicted octanol–water partition coefficient (Wildman–Crippen LogP) is 4.66. The van der Waals surface area contributed by atoms with Crippen LogP contribution in [0.2, 0.25) is 5.02 Å². The molecule has 1 fully saturated rings. The van der Waals surface area contributed by atoms with Crippen molar-refractivity contribution in [3.63, 3.8) is 0 Å². The number of halogens is 1. The quantitative estimate of drug-likeness (QED) is 0.364. The fourth-order valence-corrected chi connectivity index (χ4v) is 4.59. The second-order valence-electron chi connectivity index (χ2n) is 9.17. The van der Waals surface area contributed by atoms with Crippen LogP contribution >= 0.6 is 11.6 Å². The highest BCUT2D eigenvalue weighted by Gasteiger charge is 2.31. The van der Waals surface area contributed by atoms with Crippen LogP contribution < -0.4 is 14.8 Å². The van der Waals surface area contributed by atoms with E-state index in [1.165, 1.54) is 0 Å². The van der Waals surface area contributed by atoms with Crippen LogP contribution in [0.5, 0.6) is 11.5 Å². The molecule has 0 radical (unpaired) electrons. The molecule has 8 heteroatoms. The predicted molar refractivity (Wildman–Crippen MR) is 146 cm³/mol. The number of para-hydroxylation sites is 1. The molecule has 1 N–H and O–H groups in total. The summed E-state index contributed by atoms with van der Waals surface area (Å²) in [4.78, 5) is 28.9. The minimum atomic E-state index is -0.761. The first-order valence-corrected chi connectivity index (χ1v) is 13.1. The molecule has 0 saturated carbocycles. The van der Waals surface area contributed by atoms with Crippen molar-refractivity contribution in [2.75, 3.05) is 26.9 Å². The van der Waals surface area contributed by atoms with E-state index in [-0.39, 0.29) is 31.1 Å². The van der Waals surface area contributed by atoms with Crippen LogP contribution in [0.4, 0.5) is 0 Å². The molecule has 200 valence electrons. The lowest BCUT2D eigenvalue weighted by Gasteiger charge is -2.32. The Hall–Kier alpha value is -3.55. The summed E-state index contributed by atoms with van der Waals surface area (Å²) in [5, 5.41) is 3.44. The molecule has 3 aromatic rings. The monoisotopic (exact) mass is 536 g/mol. The van der Waals surface area contributed by atoms with E-state index in [1.807, 2.05) is 54.6 Å². The molecule has 1 aliphatic heterocycles. The number of carbonyl (C=O) groups is 2. The fraction of sp³-hybridized carbons (Fsp3) is 0.333. The number of ether oxygens (including phenoxy) is 3. The van der Waals surface area contributed by atoms with E-state index in [2.05, 4.69) is 5.32 Å². The van der Waals surface area contributed by atoms with Gasteiger partial charge in [0.2, 0.25) is 5.91 Å². The van der Waals surface area contributed by atoms with Gasteiger partial charge in [0.25, 0.3) is 5.91 Å². The van der Waals surface area contributed by atoms with Gasteiger partial charge in [-0.2, -0.15) is 0 Å². The molecule has 0 spiro atoms. The van der Waals surface area contributed by atoms with Crippen LogP contribution in [-0.2, 0) is 27.3 Å². The highest BCUT2D eigenvalue weighted by Crippen LogP contribution is 2.24. The summed E-state index contributed by atoms with van der Waals surface area (Å²) in [5.74, 6) is 0.566. The molecular weight excluding hydrogens is 504 g/mol. The van der Waals surface area contributed by atoms with Crippen molar-refractivity contribution >= 4 is 23.4 Å². The van der Waals surface area contributed by atoms with Crippen molar-refractivity contribution in [3.8, 4) is 11.5 Å². The Labute approximate surface area is 228 Å². The van der Waals surface area contributed by atoms with E-state index in [0.29, 0.717) is 36.1 Å². The van der Waals surface area contributed by atoms with E-state index in [4.69, 9.17) is 25.8 Å². The molecule has 1 aliphatic rings. The van der Waals surface area contributed by atoms with Crippen LogP contribution in [0.1, 0.15) is 24.0 Å². The van der Waals surface area contributed by atoms with E-state index in [1.54, 1.807) is 36.3 Å². The smallest absolute Gasteiger partial charge is 0.261 e. The molecule has 3 aromatic carbocycles. The molecule has 0 unspecified atom stereocenters. The first-order valence-electron chi connectivity index (χ1n) is 12.8. The van der Waals surface area contributed by atoms with Gasteiger partial charge in [-0.15, -0.1) is 0 Å². The van der Waals surface area contributed by atoms with E-state index >= 15 is 0 Å². The summed E-state index contributed by atoms with van der Waals surface area (Å²) in [5.41, 5.74) is 1.81. The lowest BCUT2D eigenvalue weighted by Crippen LogP contribution is -2.52. The number of hydrogen-bond acceptors (Lipinski definition) is 5. The lowest BCUT2D eigenvalue weighted by atomic mass is 10.0. The summed E-state index contributed by atoms with van der Waals surface area (Å²) in [6.07, 6.45) is 2.23. The van der Waals surface area contributed by atoms with Crippen molar-refractivity contribution in [2.45, 2.75) is 38.0 Å².